The molecule has 0 aromatic heterocycles. The van der Waals surface area contributed by atoms with Crippen molar-refractivity contribution in [3.63, 3.8) is 0 Å². The summed E-state index contributed by atoms with van der Waals surface area (Å²) >= 11 is 0. The highest BCUT2D eigenvalue weighted by Crippen LogP contribution is 2.14. The predicted molar refractivity (Wildman–Crippen MR) is 68.7 cm³/mol. The lowest BCUT2D eigenvalue weighted by atomic mass is 10.2. The van der Waals surface area contributed by atoms with Gasteiger partial charge in [0.25, 0.3) is 0 Å². The van der Waals surface area contributed by atoms with Gasteiger partial charge in [0.2, 0.25) is 5.91 Å². The zero-order valence-corrected chi connectivity index (χ0v) is 11.5. The molecule has 17 heavy (non-hydrogen) atoms. The average molecular weight is 242 g/mol. The Bertz CT molecular complexity index is 244. The Kier molecular flexibility index (Phi) is 5.92. The number of nitrogens with zero attached hydrogens (tertiary/aromatic N) is 1. The van der Waals surface area contributed by atoms with Gasteiger partial charge in [-0.05, 0) is 40.0 Å². The van der Waals surface area contributed by atoms with Crippen molar-refractivity contribution < 1.29 is 9.53 Å². The van der Waals surface area contributed by atoms with Gasteiger partial charge in [0.1, 0.15) is 0 Å². The zero-order valence-electron chi connectivity index (χ0n) is 11.5. The summed E-state index contributed by atoms with van der Waals surface area (Å²) < 4.78 is 5.49. The molecule has 2 unspecified atom stereocenters. The van der Waals surface area contributed by atoms with Crippen LogP contribution in [0.15, 0.2) is 0 Å². The van der Waals surface area contributed by atoms with Crippen molar-refractivity contribution in [2.45, 2.75) is 65.3 Å². The van der Waals surface area contributed by atoms with Gasteiger partial charge in [-0.25, -0.2) is 0 Å². The highest BCUT2D eigenvalue weighted by Gasteiger charge is 2.34. The minimum Gasteiger partial charge on any atom is -0.379 e. The lowest BCUT2D eigenvalue weighted by Crippen LogP contribution is -2.37. The van der Waals surface area contributed by atoms with Gasteiger partial charge in [0, 0.05) is 13.2 Å². The lowest BCUT2D eigenvalue weighted by molar-refractivity contribution is -0.129. The van der Waals surface area contributed by atoms with Crippen molar-refractivity contribution in [1.29, 1.82) is 0 Å². The van der Waals surface area contributed by atoms with Gasteiger partial charge in [-0.2, -0.15) is 0 Å². The first-order valence-corrected chi connectivity index (χ1v) is 6.74. The summed E-state index contributed by atoms with van der Waals surface area (Å²) in [4.78, 5) is 13.9. The van der Waals surface area contributed by atoms with Crippen molar-refractivity contribution in [2.24, 2.45) is 0 Å². The van der Waals surface area contributed by atoms with Gasteiger partial charge in [-0.1, -0.05) is 6.92 Å². The summed E-state index contributed by atoms with van der Waals surface area (Å²) in [5.74, 6) is 0.238. The van der Waals surface area contributed by atoms with Gasteiger partial charge in [-0.3, -0.25) is 10.1 Å². The molecule has 1 saturated heterocycles. The van der Waals surface area contributed by atoms with E-state index in [9.17, 15) is 4.79 Å². The Balaban J connectivity index is 2.23. The molecule has 1 fully saturated rings. The summed E-state index contributed by atoms with van der Waals surface area (Å²) in [5, 5.41) is 3.31. The van der Waals surface area contributed by atoms with Crippen LogP contribution >= 0.6 is 0 Å². The summed E-state index contributed by atoms with van der Waals surface area (Å²) in [6.45, 7) is 9.77. The fourth-order valence-electron chi connectivity index (χ4n) is 2.16. The standard InChI is InChI=1S/C13H26N2O2/c1-5-12-14-11(4)13(16)15(12)8-6-7-9-17-10(2)3/h10-12,14H,5-9H2,1-4H3. The monoisotopic (exact) mass is 242 g/mol. The van der Waals surface area contributed by atoms with E-state index in [1.807, 2.05) is 25.7 Å². The van der Waals surface area contributed by atoms with E-state index in [0.29, 0.717) is 6.10 Å². The molecule has 4 heteroatoms. The van der Waals surface area contributed by atoms with Crippen LogP contribution in [0.25, 0.3) is 0 Å². The molecule has 0 bridgehead atoms. The fraction of sp³-hybridized carbons (Fsp3) is 0.923. The van der Waals surface area contributed by atoms with Gasteiger partial charge in [0.15, 0.2) is 0 Å². The van der Waals surface area contributed by atoms with E-state index in [1.54, 1.807) is 0 Å². The molecule has 1 rings (SSSR count). The molecule has 0 saturated carbocycles. The highest BCUT2D eigenvalue weighted by atomic mass is 16.5. The Morgan fingerprint density at radius 3 is 2.71 bits per heavy atom. The summed E-state index contributed by atoms with van der Waals surface area (Å²) in [6.07, 6.45) is 3.53. The van der Waals surface area contributed by atoms with Gasteiger partial charge >= 0.3 is 0 Å². The minimum atomic E-state index is -0.0214. The third-order valence-electron chi connectivity index (χ3n) is 3.10. The van der Waals surface area contributed by atoms with Gasteiger partial charge in [-0.15, -0.1) is 0 Å². The van der Waals surface area contributed by atoms with Crippen LogP contribution in [-0.4, -0.2) is 42.3 Å². The molecule has 1 heterocycles. The summed E-state index contributed by atoms with van der Waals surface area (Å²) in [5.41, 5.74) is 0. The van der Waals surface area contributed by atoms with Crippen LogP contribution in [0.5, 0.6) is 0 Å². The second-order valence-electron chi connectivity index (χ2n) is 4.97. The number of rotatable bonds is 7. The number of ether oxygens (including phenoxy) is 1. The first-order chi connectivity index (χ1) is 8.06. The van der Waals surface area contributed by atoms with Crippen LogP contribution < -0.4 is 5.32 Å². The molecule has 0 radical (unpaired) electrons. The quantitative estimate of drug-likeness (QED) is 0.692. The van der Waals surface area contributed by atoms with Crippen LogP contribution in [0.2, 0.25) is 0 Å². The normalized spacial score (nSPS) is 25.0. The number of hydrogen-bond donors (Lipinski definition) is 1. The molecular formula is C13H26N2O2. The van der Waals surface area contributed by atoms with E-state index in [2.05, 4.69) is 12.2 Å². The Labute approximate surface area is 105 Å². The van der Waals surface area contributed by atoms with Gasteiger partial charge in [0.05, 0.1) is 18.3 Å². The van der Waals surface area contributed by atoms with E-state index in [1.165, 1.54) is 0 Å². The number of carbonyl (C=O) groups is 1. The maximum absolute atomic E-state index is 11.9. The van der Waals surface area contributed by atoms with E-state index in [0.717, 1.165) is 32.4 Å². The molecule has 0 aromatic carbocycles. The maximum Gasteiger partial charge on any atom is 0.240 e. The SMILES string of the molecule is CCC1NC(C)C(=O)N1CCCCOC(C)C. The molecular weight excluding hydrogens is 216 g/mol. The van der Waals surface area contributed by atoms with Crippen molar-refractivity contribution in [1.82, 2.24) is 10.2 Å². The van der Waals surface area contributed by atoms with Crippen LogP contribution in [0.1, 0.15) is 47.0 Å². The highest BCUT2D eigenvalue weighted by molar-refractivity contribution is 5.83. The molecule has 1 amide bonds. The number of unbranched alkanes of at least 4 members (excludes halogenated alkanes) is 1. The van der Waals surface area contributed by atoms with E-state index in [4.69, 9.17) is 4.74 Å². The van der Waals surface area contributed by atoms with Crippen LogP contribution in [-0.2, 0) is 9.53 Å². The lowest BCUT2D eigenvalue weighted by Gasteiger charge is -2.23. The molecule has 0 aliphatic carbocycles. The van der Waals surface area contributed by atoms with Crippen molar-refractivity contribution in [2.75, 3.05) is 13.2 Å². The number of amides is 1. The third kappa shape index (κ3) is 4.28. The van der Waals surface area contributed by atoms with E-state index < -0.39 is 0 Å². The predicted octanol–water partition coefficient (Wildman–Crippen LogP) is 1.75. The molecule has 1 aliphatic rings. The van der Waals surface area contributed by atoms with Crippen LogP contribution in [0.3, 0.4) is 0 Å². The number of carbonyl (C=O) groups excluding carboxylic acids is 1. The van der Waals surface area contributed by atoms with Crippen LogP contribution in [0.4, 0.5) is 0 Å². The smallest absolute Gasteiger partial charge is 0.240 e. The van der Waals surface area contributed by atoms with Crippen LogP contribution in [0, 0.1) is 0 Å². The molecule has 1 N–H and O–H groups in total. The molecule has 0 spiro atoms. The molecule has 2 atom stereocenters. The maximum atomic E-state index is 11.9. The van der Waals surface area contributed by atoms with Crippen molar-refractivity contribution in [3.05, 3.63) is 0 Å². The van der Waals surface area contributed by atoms with E-state index in [-0.39, 0.29) is 18.1 Å². The first kappa shape index (κ1) is 14.5. The van der Waals surface area contributed by atoms with Crippen molar-refractivity contribution >= 4 is 5.91 Å². The molecule has 100 valence electrons. The molecule has 0 aromatic rings. The Morgan fingerprint density at radius 1 is 1.41 bits per heavy atom. The molecule has 4 nitrogen and oxygen atoms in total. The van der Waals surface area contributed by atoms with Gasteiger partial charge < -0.3 is 9.64 Å². The summed E-state index contributed by atoms with van der Waals surface area (Å²) in [6, 6.07) is -0.0214. The fourth-order valence-corrected chi connectivity index (χ4v) is 2.16. The third-order valence-corrected chi connectivity index (χ3v) is 3.10. The number of hydrogen-bond acceptors (Lipinski definition) is 3. The Morgan fingerprint density at radius 2 is 2.12 bits per heavy atom. The van der Waals surface area contributed by atoms with Crippen molar-refractivity contribution in [3.8, 4) is 0 Å². The largest absolute Gasteiger partial charge is 0.379 e. The molecule has 1 aliphatic heterocycles. The zero-order chi connectivity index (χ0) is 12.8. The topological polar surface area (TPSA) is 41.6 Å². The second-order valence-corrected chi connectivity index (χ2v) is 4.97. The first-order valence-electron chi connectivity index (χ1n) is 6.74. The van der Waals surface area contributed by atoms with E-state index >= 15 is 0 Å². The average Bonchev–Trinajstić information content (AvgIpc) is 2.55. The number of nitrogens with one attached hydrogen (secondary N) is 1. The minimum absolute atomic E-state index is 0.0214. The second kappa shape index (κ2) is 6.97. The Hall–Kier alpha value is -0.610. The summed E-state index contributed by atoms with van der Waals surface area (Å²) in [7, 11) is 0.